The summed E-state index contributed by atoms with van der Waals surface area (Å²) in [6.07, 6.45) is 0. The van der Waals surface area contributed by atoms with Crippen molar-refractivity contribution in [1.29, 1.82) is 0 Å². The van der Waals surface area contributed by atoms with Gasteiger partial charge in [0.2, 0.25) is 0 Å². The van der Waals surface area contributed by atoms with Crippen LogP contribution in [0.3, 0.4) is 0 Å². The number of aliphatic hydroxyl groups excluding tert-OH is 1. The van der Waals surface area contributed by atoms with E-state index in [2.05, 4.69) is 5.32 Å². The fourth-order valence-electron chi connectivity index (χ4n) is 1.24. The van der Waals surface area contributed by atoms with E-state index in [1.165, 1.54) is 6.07 Å². The number of nitrogens with two attached hydrogens (primary N) is 1. The molecule has 0 aliphatic rings. The number of anilines is 1. The van der Waals surface area contributed by atoms with Crippen molar-refractivity contribution in [2.24, 2.45) is 0 Å². The molecular formula is C9H12ClFN2O. The molecule has 1 atom stereocenters. The largest absolute Gasteiger partial charge is 0.396 e. The van der Waals surface area contributed by atoms with Crippen molar-refractivity contribution in [3.8, 4) is 0 Å². The van der Waals surface area contributed by atoms with Crippen LogP contribution in [-0.4, -0.2) is 18.8 Å². The van der Waals surface area contributed by atoms with Crippen molar-refractivity contribution >= 4 is 17.3 Å². The van der Waals surface area contributed by atoms with Crippen molar-refractivity contribution in [2.45, 2.75) is 6.04 Å². The van der Waals surface area contributed by atoms with Gasteiger partial charge in [-0.15, -0.1) is 0 Å². The molecule has 0 aliphatic carbocycles. The lowest BCUT2D eigenvalue weighted by Crippen LogP contribution is -2.21. The number of hydrogen-bond acceptors (Lipinski definition) is 3. The van der Waals surface area contributed by atoms with Crippen molar-refractivity contribution in [1.82, 2.24) is 5.32 Å². The van der Waals surface area contributed by atoms with Crippen LogP contribution in [0.5, 0.6) is 0 Å². The predicted molar refractivity (Wildman–Crippen MR) is 54.7 cm³/mol. The summed E-state index contributed by atoms with van der Waals surface area (Å²) >= 11 is 5.68. The zero-order valence-electron chi connectivity index (χ0n) is 7.72. The zero-order chi connectivity index (χ0) is 10.7. The molecule has 0 aliphatic heterocycles. The predicted octanol–water partition coefficient (Wildman–Crippen LogP) is 1.31. The molecule has 14 heavy (non-hydrogen) atoms. The number of nitrogen functional groups attached to an aromatic ring is 1. The highest BCUT2D eigenvalue weighted by molar-refractivity contribution is 6.30. The fourth-order valence-corrected chi connectivity index (χ4v) is 1.45. The average molecular weight is 219 g/mol. The number of nitrogens with one attached hydrogen (secondary N) is 1. The summed E-state index contributed by atoms with van der Waals surface area (Å²) < 4.78 is 13.2. The summed E-state index contributed by atoms with van der Waals surface area (Å²) in [5, 5.41) is 12.1. The van der Waals surface area contributed by atoms with Crippen molar-refractivity contribution in [3.05, 3.63) is 28.5 Å². The number of aliphatic hydroxyl groups is 1. The number of hydrogen-bond donors (Lipinski definition) is 3. The Bertz CT molecular complexity index is 329. The lowest BCUT2D eigenvalue weighted by Gasteiger charge is -2.16. The van der Waals surface area contributed by atoms with Crippen molar-refractivity contribution < 1.29 is 9.50 Å². The number of benzene rings is 1. The Hall–Kier alpha value is -0.840. The average Bonchev–Trinajstić information content (AvgIpc) is 2.15. The molecule has 1 aromatic carbocycles. The fraction of sp³-hybridized carbons (Fsp3) is 0.333. The Kier molecular flexibility index (Phi) is 3.69. The van der Waals surface area contributed by atoms with E-state index in [4.69, 9.17) is 22.4 Å². The van der Waals surface area contributed by atoms with Crippen LogP contribution < -0.4 is 11.1 Å². The molecule has 78 valence electrons. The second-order valence-corrected chi connectivity index (χ2v) is 3.35. The van der Waals surface area contributed by atoms with E-state index >= 15 is 0 Å². The molecule has 0 saturated carbocycles. The molecule has 4 N–H and O–H groups in total. The summed E-state index contributed by atoms with van der Waals surface area (Å²) in [4.78, 5) is 0. The van der Waals surface area contributed by atoms with Crippen LogP contribution in [0.15, 0.2) is 12.1 Å². The molecule has 1 aromatic rings. The Morgan fingerprint density at radius 2 is 2.29 bits per heavy atom. The Balaban J connectivity index is 3.18. The van der Waals surface area contributed by atoms with Gasteiger partial charge in [0.15, 0.2) is 0 Å². The van der Waals surface area contributed by atoms with E-state index < -0.39 is 11.9 Å². The van der Waals surface area contributed by atoms with Gasteiger partial charge in [0.05, 0.1) is 18.3 Å². The molecule has 0 heterocycles. The maximum atomic E-state index is 13.2. The van der Waals surface area contributed by atoms with Crippen molar-refractivity contribution in [2.75, 3.05) is 19.4 Å². The summed E-state index contributed by atoms with van der Waals surface area (Å²) in [7, 11) is 1.65. The van der Waals surface area contributed by atoms with Crippen LogP contribution in [0, 0.1) is 5.82 Å². The highest BCUT2D eigenvalue weighted by atomic mass is 35.5. The minimum Gasteiger partial charge on any atom is -0.396 e. The first-order valence-electron chi connectivity index (χ1n) is 4.12. The van der Waals surface area contributed by atoms with E-state index in [-0.39, 0.29) is 17.3 Å². The summed E-state index contributed by atoms with van der Waals surface area (Å²) in [6, 6.07) is 2.28. The first-order valence-corrected chi connectivity index (χ1v) is 4.50. The number of likely N-dealkylation sites (N-methyl/N-ethyl adjacent to an activating group) is 1. The van der Waals surface area contributed by atoms with Crippen LogP contribution >= 0.6 is 11.6 Å². The number of halogens is 2. The quantitative estimate of drug-likeness (QED) is 0.671. The van der Waals surface area contributed by atoms with Gasteiger partial charge in [-0.1, -0.05) is 11.6 Å². The van der Waals surface area contributed by atoms with Gasteiger partial charge in [-0.25, -0.2) is 4.39 Å². The standard InChI is InChI=1S/C9H12ClFN2O/c1-13-8(4-14)6-2-5(10)3-7(11)9(6)12/h2-3,8,13-14H,4,12H2,1H3/t8-/m1/s1. The molecule has 0 radical (unpaired) electrons. The van der Waals surface area contributed by atoms with Gasteiger partial charge < -0.3 is 16.2 Å². The monoisotopic (exact) mass is 218 g/mol. The van der Waals surface area contributed by atoms with Crippen LogP contribution in [0.4, 0.5) is 10.1 Å². The SMILES string of the molecule is CN[C@H](CO)c1cc(Cl)cc(F)c1N. The van der Waals surface area contributed by atoms with E-state index in [9.17, 15) is 4.39 Å². The first-order chi connectivity index (χ1) is 6.60. The van der Waals surface area contributed by atoms with E-state index in [0.717, 1.165) is 6.07 Å². The molecule has 0 amide bonds. The van der Waals surface area contributed by atoms with Crippen molar-refractivity contribution in [3.63, 3.8) is 0 Å². The van der Waals surface area contributed by atoms with Gasteiger partial charge in [0, 0.05) is 5.02 Å². The van der Waals surface area contributed by atoms with Gasteiger partial charge in [-0.3, -0.25) is 0 Å². The molecule has 3 nitrogen and oxygen atoms in total. The third kappa shape index (κ3) is 2.15. The summed E-state index contributed by atoms with van der Waals surface area (Å²) in [5.74, 6) is -0.568. The maximum Gasteiger partial charge on any atom is 0.147 e. The first kappa shape index (κ1) is 11.2. The Morgan fingerprint density at radius 1 is 1.64 bits per heavy atom. The minimum atomic E-state index is -0.568. The normalized spacial score (nSPS) is 12.9. The van der Waals surface area contributed by atoms with E-state index in [0.29, 0.717) is 5.56 Å². The molecule has 1 rings (SSSR count). The van der Waals surface area contributed by atoms with E-state index in [1.54, 1.807) is 7.05 Å². The molecular weight excluding hydrogens is 207 g/mol. The minimum absolute atomic E-state index is 0.0165. The van der Waals surface area contributed by atoms with Gasteiger partial charge in [-0.05, 0) is 24.7 Å². The van der Waals surface area contributed by atoms with Gasteiger partial charge >= 0.3 is 0 Å². The Morgan fingerprint density at radius 3 is 2.79 bits per heavy atom. The highest BCUT2D eigenvalue weighted by Crippen LogP contribution is 2.26. The van der Waals surface area contributed by atoms with Gasteiger partial charge in [0.25, 0.3) is 0 Å². The van der Waals surface area contributed by atoms with Crippen LogP contribution in [0.2, 0.25) is 5.02 Å². The topological polar surface area (TPSA) is 58.3 Å². The molecule has 0 saturated heterocycles. The Labute approximate surface area is 86.7 Å². The van der Waals surface area contributed by atoms with Gasteiger partial charge in [-0.2, -0.15) is 0 Å². The van der Waals surface area contributed by atoms with E-state index in [1.807, 2.05) is 0 Å². The third-order valence-electron chi connectivity index (χ3n) is 2.03. The van der Waals surface area contributed by atoms with Crippen LogP contribution in [-0.2, 0) is 0 Å². The zero-order valence-corrected chi connectivity index (χ0v) is 8.48. The smallest absolute Gasteiger partial charge is 0.147 e. The second-order valence-electron chi connectivity index (χ2n) is 2.91. The third-order valence-corrected chi connectivity index (χ3v) is 2.25. The maximum absolute atomic E-state index is 13.2. The molecule has 0 fully saturated rings. The van der Waals surface area contributed by atoms with Gasteiger partial charge in [0.1, 0.15) is 5.82 Å². The lowest BCUT2D eigenvalue weighted by molar-refractivity contribution is 0.251. The summed E-state index contributed by atoms with van der Waals surface area (Å²) in [5.41, 5.74) is 6.01. The molecule has 5 heteroatoms. The lowest BCUT2D eigenvalue weighted by atomic mass is 10.1. The van der Waals surface area contributed by atoms with Crippen LogP contribution in [0.25, 0.3) is 0 Å². The molecule has 0 aromatic heterocycles. The molecule has 0 unspecified atom stereocenters. The molecule has 0 spiro atoms. The second kappa shape index (κ2) is 4.59. The summed E-state index contributed by atoms with van der Waals surface area (Å²) in [6.45, 7) is -0.166. The van der Waals surface area contributed by atoms with Crippen LogP contribution in [0.1, 0.15) is 11.6 Å². The molecule has 0 bridgehead atoms. The number of rotatable bonds is 3. The highest BCUT2D eigenvalue weighted by Gasteiger charge is 2.15.